The van der Waals surface area contributed by atoms with Gasteiger partial charge in [0, 0.05) is 11.2 Å². The van der Waals surface area contributed by atoms with E-state index >= 15 is 0 Å². The van der Waals surface area contributed by atoms with Crippen molar-refractivity contribution in [2.24, 2.45) is 0 Å². The van der Waals surface area contributed by atoms with E-state index in [9.17, 15) is 18.0 Å². The summed E-state index contributed by atoms with van der Waals surface area (Å²) in [5, 5.41) is 0. The van der Waals surface area contributed by atoms with E-state index in [2.05, 4.69) is 0 Å². The Morgan fingerprint density at radius 1 is 1.11 bits per heavy atom. The van der Waals surface area contributed by atoms with E-state index in [0.717, 1.165) is 12.1 Å². The second kappa shape index (κ2) is 5.99. The van der Waals surface area contributed by atoms with Crippen LogP contribution < -0.4 is 0 Å². The van der Waals surface area contributed by atoms with Gasteiger partial charge >= 0.3 is 6.18 Å². The molecule has 0 radical (unpaired) electrons. The average Bonchev–Trinajstić information content (AvgIpc) is 2.25. The van der Waals surface area contributed by atoms with Crippen molar-refractivity contribution < 1.29 is 18.0 Å². The lowest BCUT2D eigenvalue weighted by Crippen LogP contribution is -2.14. The van der Waals surface area contributed by atoms with Gasteiger partial charge < -0.3 is 0 Å². The highest BCUT2D eigenvalue weighted by Gasteiger charge is 2.29. The number of rotatable bonds is 4. The number of halogens is 3. The molecule has 5 heteroatoms. The minimum atomic E-state index is -4.33. The van der Waals surface area contributed by atoms with Crippen LogP contribution in [0.4, 0.5) is 13.2 Å². The van der Waals surface area contributed by atoms with Crippen molar-refractivity contribution in [3.05, 3.63) is 35.4 Å². The van der Waals surface area contributed by atoms with E-state index in [1.165, 1.54) is 23.9 Å². The van der Waals surface area contributed by atoms with Crippen molar-refractivity contribution >= 4 is 17.5 Å². The zero-order valence-electron chi connectivity index (χ0n) is 11.2. The number of carbonyl (C=O) groups is 1. The van der Waals surface area contributed by atoms with Crippen molar-refractivity contribution in [1.82, 2.24) is 0 Å². The van der Waals surface area contributed by atoms with Crippen molar-refractivity contribution in [3.63, 3.8) is 0 Å². The highest BCUT2D eigenvalue weighted by molar-refractivity contribution is 8.01. The molecule has 0 aliphatic heterocycles. The van der Waals surface area contributed by atoms with Gasteiger partial charge in [0.15, 0.2) is 0 Å². The first-order chi connectivity index (χ1) is 8.58. The van der Waals surface area contributed by atoms with E-state index in [1.54, 1.807) is 0 Å². The van der Waals surface area contributed by atoms with Crippen LogP contribution in [0.3, 0.4) is 0 Å². The molecular formula is C14H17F3OS. The third-order valence-electron chi connectivity index (χ3n) is 2.35. The van der Waals surface area contributed by atoms with Crippen LogP contribution in [-0.4, -0.2) is 16.3 Å². The molecule has 19 heavy (non-hydrogen) atoms. The Hall–Kier alpha value is -0.970. The number of thioether (sulfide) groups is 1. The van der Waals surface area contributed by atoms with Gasteiger partial charge in [-0.25, -0.2) is 0 Å². The molecule has 1 aromatic carbocycles. The van der Waals surface area contributed by atoms with Gasteiger partial charge in [0.2, 0.25) is 0 Å². The third-order valence-corrected chi connectivity index (χ3v) is 3.68. The Morgan fingerprint density at radius 2 is 1.63 bits per heavy atom. The molecule has 0 aliphatic carbocycles. The van der Waals surface area contributed by atoms with Crippen LogP contribution in [0.5, 0.6) is 0 Å². The van der Waals surface area contributed by atoms with Gasteiger partial charge in [-0.1, -0.05) is 32.9 Å². The zero-order valence-corrected chi connectivity index (χ0v) is 12.0. The van der Waals surface area contributed by atoms with E-state index < -0.39 is 11.7 Å². The van der Waals surface area contributed by atoms with E-state index in [0.29, 0.717) is 11.3 Å². The van der Waals surface area contributed by atoms with Gasteiger partial charge in [-0.05, 0) is 17.7 Å². The molecule has 1 nitrogen and oxygen atoms in total. The van der Waals surface area contributed by atoms with Crippen molar-refractivity contribution in [3.8, 4) is 0 Å². The number of carbonyl (C=O) groups excluding carboxylic acids is 1. The molecule has 0 aromatic heterocycles. The minimum Gasteiger partial charge on any atom is -0.298 e. The van der Waals surface area contributed by atoms with E-state index in [4.69, 9.17) is 0 Å². The number of Topliss-reactive ketones (excluding diaryl/α,β-unsaturated/α-hetero) is 1. The van der Waals surface area contributed by atoms with E-state index in [1.807, 2.05) is 20.8 Å². The molecule has 0 unspecified atom stereocenters. The van der Waals surface area contributed by atoms with Crippen molar-refractivity contribution in [2.45, 2.75) is 38.1 Å². The zero-order chi connectivity index (χ0) is 14.7. The fraction of sp³-hybridized carbons (Fsp3) is 0.500. The Morgan fingerprint density at radius 3 is 2.05 bits per heavy atom. The molecule has 0 N–H and O–H groups in total. The minimum absolute atomic E-state index is 0.00972. The summed E-state index contributed by atoms with van der Waals surface area (Å²) in [6.07, 6.45) is -4.15. The molecule has 1 aromatic rings. The predicted molar refractivity (Wildman–Crippen MR) is 72.4 cm³/mol. The lowest BCUT2D eigenvalue weighted by Gasteiger charge is -2.16. The fourth-order valence-electron chi connectivity index (χ4n) is 1.39. The highest BCUT2D eigenvalue weighted by atomic mass is 32.2. The summed E-state index contributed by atoms with van der Waals surface area (Å²) < 4.78 is 37.1. The SMILES string of the molecule is CC(C)(C)SCC(=O)Cc1ccc(C(F)(F)F)cc1. The van der Waals surface area contributed by atoms with Crippen LogP contribution in [0.2, 0.25) is 0 Å². The Labute approximate surface area is 115 Å². The largest absolute Gasteiger partial charge is 0.416 e. The van der Waals surface area contributed by atoms with Gasteiger partial charge in [-0.15, -0.1) is 11.8 Å². The summed E-state index contributed by atoms with van der Waals surface area (Å²) in [6, 6.07) is 4.75. The summed E-state index contributed by atoms with van der Waals surface area (Å²) in [4.78, 5) is 11.7. The van der Waals surface area contributed by atoms with Crippen LogP contribution >= 0.6 is 11.8 Å². The summed E-state index contributed by atoms with van der Waals surface area (Å²) in [6.45, 7) is 6.05. The maximum absolute atomic E-state index is 12.4. The molecule has 0 amide bonds. The molecule has 106 valence electrons. The van der Waals surface area contributed by atoms with Crippen LogP contribution in [-0.2, 0) is 17.4 Å². The number of ketones is 1. The summed E-state index contributed by atoms with van der Waals surface area (Å²) in [5.41, 5.74) is -0.0692. The van der Waals surface area contributed by atoms with Gasteiger partial charge in [0.1, 0.15) is 5.78 Å². The normalized spacial score (nSPS) is 12.5. The number of benzene rings is 1. The standard InChI is InChI=1S/C14H17F3OS/c1-13(2,3)19-9-12(18)8-10-4-6-11(7-5-10)14(15,16)17/h4-7H,8-9H2,1-3H3. The third kappa shape index (κ3) is 6.14. The first-order valence-corrected chi connectivity index (χ1v) is 6.88. The highest BCUT2D eigenvalue weighted by Crippen LogP contribution is 2.29. The van der Waals surface area contributed by atoms with Crippen LogP contribution in [0.15, 0.2) is 24.3 Å². The molecule has 0 saturated heterocycles. The van der Waals surface area contributed by atoms with Gasteiger partial charge in [0.05, 0.1) is 11.3 Å². The summed E-state index contributed by atoms with van der Waals surface area (Å²) >= 11 is 1.54. The predicted octanol–water partition coefficient (Wildman–Crippen LogP) is 4.35. The molecule has 0 spiro atoms. The van der Waals surface area contributed by atoms with Gasteiger partial charge in [-0.3, -0.25) is 4.79 Å². The summed E-state index contributed by atoms with van der Waals surface area (Å²) in [5.74, 6) is 0.407. The lowest BCUT2D eigenvalue weighted by atomic mass is 10.1. The summed E-state index contributed by atoms with van der Waals surface area (Å²) in [7, 11) is 0. The number of hydrogen-bond donors (Lipinski definition) is 0. The molecule has 0 aliphatic rings. The first kappa shape index (κ1) is 16.1. The smallest absolute Gasteiger partial charge is 0.298 e. The Kier molecular flexibility index (Phi) is 5.07. The molecule has 1 rings (SSSR count). The maximum atomic E-state index is 12.4. The second-order valence-electron chi connectivity index (χ2n) is 5.31. The molecular weight excluding hydrogens is 273 g/mol. The first-order valence-electron chi connectivity index (χ1n) is 5.90. The molecule has 0 atom stereocenters. The van der Waals surface area contributed by atoms with Crippen LogP contribution in [0.1, 0.15) is 31.9 Å². The van der Waals surface area contributed by atoms with Crippen LogP contribution in [0.25, 0.3) is 0 Å². The second-order valence-corrected chi connectivity index (χ2v) is 7.11. The molecule has 0 fully saturated rings. The van der Waals surface area contributed by atoms with Crippen LogP contribution in [0, 0.1) is 0 Å². The topological polar surface area (TPSA) is 17.1 Å². The van der Waals surface area contributed by atoms with Crippen molar-refractivity contribution in [2.75, 3.05) is 5.75 Å². The monoisotopic (exact) mass is 290 g/mol. The Bertz CT molecular complexity index is 429. The molecule has 0 bridgehead atoms. The molecule has 0 heterocycles. The maximum Gasteiger partial charge on any atom is 0.416 e. The van der Waals surface area contributed by atoms with E-state index in [-0.39, 0.29) is 17.0 Å². The number of hydrogen-bond acceptors (Lipinski definition) is 2. The Balaban J connectivity index is 2.56. The van der Waals surface area contributed by atoms with Gasteiger partial charge in [0.25, 0.3) is 0 Å². The quantitative estimate of drug-likeness (QED) is 0.820. The lowest BCUT2D eigenvalue weighted by molar-refractivity contribution is -0.137. The van der Waals surface area contributed by atoms with Gasteiger partial charge in [-0.2, -0.15) is 13.2 Å². The molecule has 0 saturated carbocycles. The van der Waals surface area contributed by atoms with Crippen molar-refractivity contribution in [1.29, 1.82) is 0 Å². The fourth-order valence-corrected chi connectivity index (χ4v) is 2.08. The average molecular weight is 290 g/mol. The number of alkyl halides is 3.